The van der Waals surface area contributed by atoms with E-state index in [-0.39, 0.29) is 23.8 Å². The van der Waals surface area contributed by atoms with Crippen molar-refractivity contribution >= 4 is 23.8 Å². The number of hydrogen-bond donors (Lipinski definition) is 0. The first-order chi connectivity index (χ1) is 5.80. The highest BCUT2D eigenvalue weighted by Crippen LogP contribution is 2.68. The Balaban J connectivity index is 2.57. The number of rotatable bonds is 3. The van der Waals surface area contributed by atoms with E-state index in [1.165, 1.54) is 17.7 Å². The molecular formula is C9H15P3. The molecule has 0 aromatic rings. The molecule has 0 aromatic heterocycles. The highest BCUT2D eigenvalue weighted by molar-refractivity contribution is 7.93. The maximum Gasteiger partial charge on any atom is -0.00450 e. The molecule has 0 saturated carbocycles. The molecule has 0 aromatic carbocycles. The molecule has 0 unspecified atom stereocenters. The Morgan fingerprint density at radius 3 is 1.08 bits per heavy atom. The van der Waals surface area contributed by atoms with Gasteiger partial charge in [-0.3, -0.25) is 0 Å². The van der Waals surface area contributed by atoms with Gasteiger partial charge < -0.3 is 0 Å². The normalized spacial score (nSPS) is 35.5. The summed E-state index contributed by atoms with van der Waals surface area (Å²) in [5.74, 6) is 10.7. The lowest BCUT2D eigenvalue weighted by Crippen LogP contribution is -1.95. The largest absolute Gasteiger partial charge is 0.0986 e. The smallest absolute Gasteiger partial charge is 0.00450 e. The van der Waals surface area contributed by atoms with Gasteiger partial charge in [-0.2, -0.15) is 0 Å². The van der Waals surface area contributed by atoms with Gasteiger partial charge in [0.1, 0.15) is 0 Å². The summed E-state index contributed by atoms with van der Waals surface area (Å²) < 4.78 is 0. The summed E-state index contributed by atoms with van der Waals surface area (Å²) in [7, 11) is 0.358. The van der Waals surface area contributed by atoms with Crippen LogP contribution >= 0.6 is 23.8 Å². The third kappa shape index (κ3) is 2.77. The maximum absolute atomic E-state index is 3.90. The minimum absolute atomic E-state index is 0.119. The lowest BCUT2D eigenvalue weighted by atomic mass is 11.3. The van der Waals surface area contributed by atoms with Gasteiger partial charge in [-0.25, -0.2) is 0 Å². The maximum atomic E-state index is 3.90. The molecule has 0 spiro atoms. The van der Waals surface area contributed by atoms with Crippen LogP contribution in [0.4, 0.5) is 0 Å². The van der Waals surface area contributed by atoms with Gasteiger partial charge in [0.2, 0.25) is 0 Å². The predicted octanol–water partition coefficient (Wildman–Crippen LogP) is 4.75. The first-order valence-electron chi connectivity index (χ1n) is 3.90. The van der Waals surface area contributed by atoms with Crippen molar-refractivity contribution in [2.24, 2.45) is 0 Å². The highest BCUT2D eigenvalue weighted by atomic mass is 31.2. The Morgan fingerprint density at radius 2 is 0.917 bits per heavy atom. The third-order valence-corrected chi connectivity index (χ3v) is 12.1. The first kappa shape index (κ1) is 10.6. The van der Waals surface area contributed by atoms with Crippen LogP contribution < -0.4 is 0 Å². The second-order valence-corrected chi connectivity index (χ2v) is 10.8. The van der Waals surface area contributed by atoms with E-state index in [0.717, 1.165) is 0 Å². The lowest BCUT2D eigenvalue weighted by Gasteiger charge is -2.31. The fraction of sp³-hybridized carbons (Fsp3) is 0.333. The Hall–Kier alpha value is 0.510. The van der Waals surface area contributed by atoms with E-state index in [1.54, 1.807) is 0 Å². The van der Waals surface area contributed by atoms with Crippen molar-refractivity contribution in [3.8, 4) is 0 Å². The van der Waals surface area contributed by atoms with Crippen LogP contribution in [0.1, 0.15) is 0 Å². The van der Waals surface area contributed by atoms with Gasteiger partial charge in [-0.15, -0.1) is 0 Å². The van der Waals surface area contributed by atoms with E-state index in [9.17, 15) is 0 Å². The molecule has 0 atom stereocenters. The Bertz CT molecular complexity index is 149. The third-order valence-electron chi connectivity index (χ3n) is 1.86. The van der Waals surface area contributed by atoms with Crippen LogP contribution in [0.5, 0.6) is 0 Å². The lowest BCUT2D eigenvalue weighted by molar-refractivity contribution is 1.84. The Kier molecular flexibility index (Phi) is 4.66. The zero-order valence-corrected chi connectivity index (χ0v) is 10.00. The van der Waals surface area contributed by atoms with E-state index < -0.39 is 0 Å². The summed E-state index contributed by atoms with van der Waals surface area (Å²) in [4.78, 5) is 0. The SMILES string of the molecule is C=CP1CP(C=C)CP(C=C)C1. The molecule has 0 radical (unpaired) electrons. The summed E-state index contributed by atoms with van der Waals surface area (Å²) in [6.45, 7) is 11.7. The van der Waals surface area contributed by atoms with Crippen molar-refractivity contribution in [1.82, 2.24) is 0 Å². The van der Waals surface area contributed by atoms with E-state index in [1.807, 2.05) is 0 Å². The van der Waals surface area contributed by atoms with E-state index in [4.69, 9.17) is 0 Å². The summed E-state index contributed by atoms with van der Waals surface area (Å²) in [5, 5.41) is 0. The molecule has 1 saturated heterocycles. The second-order valence-electron chi connectivity index (χ2n) is 2.74. The molecule has 0 N–H and O–H groups in total. The van der Waals surface area contributed by atoms with Crippen LogP contribution in [0, 0.1) is 0 Å². The van der Waals surface area contributed by atoms with Crippen molar-refractivity contribution in [3.63, 3.8) is 0 Å². The predicted molar refractivity (Wildman–Crippen MR) is 66.0 cm³/mol. The fourth-order valence-electron chi connectivity index (χ4n) is 1.18. The molecule has 3 heteroatoms. The summed E-state index contributed by atoms with van der Waals surface area (Å²) in [6, 6.07) is 0. The van der Waals surface area contributed by atoms with Crippen LogP contribution in [0.25, 0.3) is 0 Å². The molecule has 1 aliphatic heterocycles. The van der Waals surface area contributed by atoms with Crippen LogP contribution in [0.15, 0.2) is 37.2 Å². The van der Waals surface area contributed by atoms with Crippen LogP contribution in [-0.4, -0.2) is 17.7 Å². The van der Waals surface area contributed by atoms with Crippen molar-refractivity contribution in [2.45, 2.75) is 0 Å². The highest BCUT2D eigenvalue weighted by Gasteiger charge is 2.22. The molecule has 0 aliphatic carbocycles. The molecule has 66 valence electrons. The topological polar surface area (TPSA) is 0 Å². The monoisotopic (exact) mass is 216 g/mol. The van der Waals surface area contributed by atoms with Crippen LogP contribution in [0.3, 0.4) is 0 Å². The number of hydrogen-bond acceptors (Lipinski definition) is 0. The standard InChI is InChI=1S/C9H15P3/c1-4-10-7-11(5-2)9-12(6-3)8-10/h4-6H,1-3,7-9H2. The Morgan fingerprint density at radius 1 is 0.667 bits per heavy atom. The van der Waals surface area contributed by atoms with Crippen molar-refractivity contribution in [2.75, 3.05) is 17.7 Å². The zero-order valence-electron chi connectivity index (χ0n) is 7.32. The van der Waals surface area contributed by atoms with E-state index in [0.29, 0.717) is 0 Å². The van der Waals surface area contributed by atoms with E-state index >= 15 is 0 Å². The molecule has 1 fully saturated rings. The molecule has 0 amide bonds. The van der Waals surface area contributed by atoms with Gasteiger partial charge in [-0.05, 0) is 17.7 Å². The average molecular weight is 216 g/mol. The van der Waals surface area contributed by atoms with Gasteiger partial charge in [0.05, 0.1) is 0 Å². The average Bonchev–Trinajstić information content (AvgIpc) is 2.16. The van der Waals surface area contributed by atoms with Gasteiger partial charge in [0.25, 0.3) is 0 Å². The second kappa shape index (κ2) is 5.29. The zero-order chi connectivity index (χ0) is 8.97. The molecule has 0 nitrogen and oxygen atoms in total. The summed E-state index contributed by atoms with van der Waals surface area (Å²) in [6.07, 6.45) is 0. The molecule has 1 rings (SSSR count). The van der Waals surface area contributed by atoms with Crippen LogP contribution in [-0.2, 0) is 0 Å². The van der Waals surface area contributed by atoms with Gasteiger partial charge in [0, 0.05) is 0 Å². The van der Waals surface area contributed by atoms with Crippen LogP contribution in [0.2, 0.25) is 0 Å². The van der Waals surface area contributed by atoms with E-state index in [2.05, 4.69) is 37.2 Å². The van der Waals surface area contributed by atoms with Crippen molar-refractivity contribution < 1.29 is 0 Å². The van der Waals surface area contributed by atoms with Crippen molar-refractivity contribution in [3.05, 3.63) is 37.2 Å². The molecule has 0 bridgehead atoms. The van der Waals surface area contributed by atoms with Gasteiger partial charge >= 0.3 is 0 Å². The molecule has 1 heterocycles. The first-order valence-corrected chi connectivity index (χ1v) is 9.24. The quantitative estimate of drug-likeness (QED) is 0.597. The minimum atomic E-state index is 0.119. The van der Waals surface area contributed by atoms with Crippen molar-refractivity contribution in [1.29, 1.82) is 0 Å². The minimum Gasteiger partial charge on any atom is -0.0986 e. The molecule has 1 aliphatic rings. The van der Waals surface area contributed by atoms with Gasteiger partial charge in [-0.1, -0.05) is 61.0 Å². The summed E-state index contributed by atoms with van der Waals surface area (Å²) in [5.41, 5.74) is 0. The summed E-state index contributed by atoms with van der Waals surface area (Å²) >= 11 is 0. The molecule has 12 heavy (non-hydrogen) atoms. The molecular weight excluding hydrogens is 201 g/mol. The van der Waals surface area contributed by atoms with Gasteiger partial charge in [0.15, 0.2) is 0 Å². The fourth-order valence-corrected chi connectivity index (χ4v) is 13.0. The Labute approximate surface area is 79.1 Å².